The van der Waals surface area contributed by atoms with Crippen molar-refractivity contribution in [3.05, 3.63) is 48.3 Å². The van der Waals surface area contributed by atoms with Gasteiger partial charge in [-0.3, -0.25) is 0 Å². The topological polar surface area (TPSA) is 77.8 Å². The zero-order chi connectivity index (χ0) is 13.2. The fourth-order valence-electron chi connectivity index (χ4n) is 2.00. The maximum Gasteiger partial charge on any atom is 0.178 e. The third-order valence-electron chi connectivity index (χ3n) is 2.87. The van der Waals surface area contributed by atoms with E-state index in [2.05, 4.69) is 15.4 Å². The Balaban J connectivity index is 2.20. The number of aromatic nitrogens is 3. The average Bonchev–Trinajstić information content (AvgIpc) is 2.82. The highest BCUT2D eigenvalue weighted by atomic mass is 16.5. The van der Waals surface area contributed by atoms with E-state index in [0.29, 0.717) is 11.6 Å². The molecule has 0 bridgehead atoms. The number of rotatable bonds is 2. The van der Waals surface area contributed by atoms with Gasteiger partial charge in [0.1, 0.15) is 0 Å². The second kappa shape index (κ2) is 4.53. The molecule has 0 atom stereocenters. The second-order valence-electron chi connectivity index (χ2n) is 4.27. The maximum absolute atomic E-state index is 5.92. The Morgan fingerprint density at radius 1 is 1.11 bits per heavy atom. The molecule has 1 aromatic carbocycles. The van der Waals surface area contributed by atoms with E-state index in [1.54, 1.807) is 12.4 Å². The van der Waals surface area contributed by atoms with Crippen LogP contribution < -0.4 is 5.73 Å². The van der Waals surface area contributed by atoms with Crippen LogP contribution >= 0.6 is 0 Å². The molecule has 3 rings (SSSR count). The van der Waals surface area contributed by atoms with Gasteiger partial charge in [0.2, 0.25) is 0 Å². The lowest BCUT2D eigenvalue weighted by molar-refractivity contribution is 0.436. The standard InChI is InChI=1S/C14H12N4O/c1-9-3-2-4-10(7-9)12-13(19-18-14(12)15)11-5-6-16-17-8-11/h2-8H,1H3,(H2,15,18). The van der Waals surface area contributed by atoms with Crippen LogP contribution in [0.3, 0.4) is 0 Å². The first-order chi connectivity index (χ1) is 9.25. The summed E-state index contributed by atoms with van der Waals surface area (Å²) in [6, 6.07) is 9.84. The first-order valence-electron chi connectivity index (χ1n) is 5.85. The molecule has 0 saturated carbocycles. The zero-order valence-electron chi connectivity index (χ0n) is 10.4. The number of nitrogens with two attached hydrogens (primary N) is 1. The van der Waals surface area contributed by atoms with E-state index < -0.39 is 0 Å². The van der Waals surface area contributed by atoms with E-state index in [-0.39, 0.29) is 0 Å². The van der Waals surface area contributed by atoms with Gasteiger partial charge in [-0.25, -0.2) is 0 Å². The molecule has 5 nitrogen and oxygen atoms in total. The average molecular weight is 252 g/mol. The highest BCUT2D eigenvalue weighted by molar-refractivity contribution is 5.86. The van der Waals surface area contributed by atoms with Gasteiger partial charge < -0.3 is 10.3 Å². The molecular formula is C14H12N4O. The number of hydrogen-bond donors (Lipinski definition) is 1. The van der Waals surface area contributed by atoms with E-state index in [1.165, 1.54) is 0 Å². The number of anilines is 1. The lowest BCUT2D eigenvalue weighted by atomic mass is 10.0. The van der Waals surface area contributed by atoms with Crippen molar-refractivity contribution in [1.82, 2.24) is 15.4 Å². The van der Waals surface area contributed by atoms with Crippen LogP contribution in [0.1, 0.15) is 5.56 Å². The smallest absolute Gasteiger partial charge is 0.178 e. The third-order valence-corrected chi connectivity index (χ3v) is 2.87. The highest BCUT2D eigenvalue weighted by Gasteiger charge is 2.17. The van der Waals surface area contributed by atoms with Crippen LogP contribution in [-0.2, 0) is 0 Å². The summed E-state index contributed by atoms with van der Waals surface area (Å²) in [5.41, 5.74) is 9.64. The van der Waals surface area contributed by atoms with Crippen LogP contribution in [0.25, 0.3) is 22.5 Å². The molecule has 3 aromatic rings. The fraction of sp³-hybridized carbons (Fsp3) is 0.0714. The summed E-state index contributed by atoms with van der Waals surface area (Å²) in [5.74, 6) is 0.982. The molecular weight excluding hydrogens is 240 g/mol. The maximum atomic E-state index is 5.92. The van der Waals surface area contributed by atoms with Gasteiger partial charge in [-0.1, -0.05) is 35.0 Å². The molecule has 0 radical (unpaired) electrons. The molecule has 0 aliphatic heterocycles. The van der Waals surface area contributed by atoms with Crippen molar-refractivity contribution in [3.63, 3.8) is 0 Å². The summed E-state index contributed by atoms with van der Waals surface area (Å²) < 4.78 is 5.33. The molecule has 0 fully saturated rings. The van der Waals surface area contributed by atoms with Crippen molar-refractivity contribution in [2.75, 3.05) is 5.73 Å². The quantitative estimate of drug-likeness (QED) is 0.758. The minimum Gasteiger partial charge on any atom is -0.380 e. The number of benzene rings is 1. The first kappa shape index (κ1) is 11.4. The molecule has 0 amide bonds. The number of nitrogens with zero attached hydrogens (tertiary/aromatic N) is 3. The van der Waals surface area contributed by atoms with Gasteiger partial charge in [0, 0.05) is 5.56 Å². The molecule has 0 aliphatic carbocycles. The van der Waals surface area contributed by atoms with Crippen LogP contribution in [0.4, 0.5) is 5.82 Å². The predicted molar refractivity (Wildman–Crippen MR) is 72.1 cm³/mol. The minimum atomic E-state index is 0.373. The molecule has 0 spiro atoms. The van der Waals surface area contributed by atoms with Gasteiger partial charge in [0.05, 0.1) is 18.0 Å². The minimum absolute atomic E-state index is 0.373. The summed E-state index contributed by atoms with van der Waals surface area (Å²) in [5, 5.41) is 11.4. The van der Waals surface area contributed by atoms with Gasteiger partial charge >= 0.3 is 0 Å². The number of hydrogen-bond acceptors (Lipinski definition) is 5. The Kier molecular flexibility index (Phi) is 2.72. The summed E-state index contributed by atoms with van der Waals surface area (Å²) in [6.07, 6.45) is 3.23. The van der Waals surface area contributed by atoms with E-state index in [1.807, 2.05) is 37.3 Å². The van der Waals surface area contributed by atoms with Crippen LogP contribution in [0, 0.1) is 6.92 Å². The van der Waals surface area contributed by atoms with Crippen molar-refractivity contribution in [3.8, 4) is 22.5 Å². The molecule has 94 valence electrons. The zero-order valence-corrected chi connectivity index (χ0v) is 10.4. The predicted octanol–water partition coefficient (Wildman–Crippen LogP) is 2.69. The van der Waals surface area contributed by atoms with Crippen molar-refractivity contribution in [2.24, 2.45) is 0 Å². The van der Waals surface area contributed by atoms with E-state index >= 15 is 0 Å². The van der Waals surface area contributed by atoms with Crippen LogP contribution in [0.15, 0.2) is 47.2 Å². The highest BCUT2D eigenvalue weighted by Crippen LogP contribution is 2.36. The lowest BCUT2D eigenvalue weighted by Gasteiger charge is -2.03. The molecule has 0 saturated heterocycles. The third kappa shape index (κ3) is 2.06. The largest absolute Gasteiger partial charge is 0.380 e. The van der Waals surface area contributed by atoms with Crippen molar-refractivity contribution in [2.45, 2.75) is 6.92 Å². The molecule has 2 heterocycles. The van der Waals surface area contributed by atoms with Crippen molar-refractivity contribution >= 4 is 5.82 Å². The Hall–Kier alpha value is -2.69. The van der Waals surface area contributed by atoms with E-state index in [9.17, 15) is 0 Å². The summed E-state index contributed by atoms with van der Waals surface area (Å²) >= 11 is 0. The van der Waals surface area contributed by atoms with E-state index in [4.69, 9.17) is 10.3 Å². The Morgan fingerprint density at radius 3 is 2.74 bits per heavy atom. The molecule has 0 unspecified atom stereocenters. The van der Waals surface area contributed by atoms with Crippen molar-refractivity contribution < 1.29 is 4.52 Å². The van der Waals surface area contributed by atoms with Crippen molar-refractivity contribution in [1.29, 1.82) is 0 Å². The summed E-state index contributed by atoms with van der Waals surface area (Å²) in [4.78, 5) is 0. The van der Waals surface area contributed by atoms with Gasteiger partial charge in [-0.2, -0.15) is 10.2 Å². The number of aryl methyl sites for hydroxylation is 1. The summed E-state index contributed by atoms with van der Waals surface area (Å²) in [7, 11) is 0. The Bertz CT molecular complexity index is 706. The molecule has 0 aliphatic rings. The second-order valence-corrected chi connectivity index (χ2v) is 4.27. The summed E-state index contributed by atoms with van der Waals surface area (Å²) in [6.45, 7) is 2.03. The van der Waals surface area contributed by atoms with Gasteiger partial charge in [-0.05, 0) is 18.6 Å². The van der Waals surface area contributed by atoms with Gasteiger partial charge in [0.25, 0.3) is 0 Å². The van der Waals surface area contributed by atoms with E-state index in [0.717, 1.165) is 22.3 Å². The SMILES string of the molecule is Cc1cccc(-c2c(N)noc2-c2ccnnc2)c1. The molecule has 2 aromatic heterocycles. The lowest BCUT2D eigenvalue weighted by Crippen LogP contribution is -1.89. The van der Waals surface area contributed by atoms with Crippen LogP contribution in [0.2, 0.25) is 0 Å². The molecule has 5 heteroatoms. The number of nitrogen functional groups attached to an aromatic ring is 1. The fourth-order valence-corrected chi connectivity index (χ4v) is 2.00. The molecule has 19 heavy (non-hydrogen) atoms. The van der Waals surface area contributed by atoms with Crippen LogP contribution in [0.5, 0.6) is 0 Å². The Labute approximate surface area is 110 Å². The molecule has 2 N–H and O–H groups in total. The van der Waals surface area contributed by atoms with Gasteiger partial charge in [-0.15, -0.1) is 0 Å². The normalized spacial score (nSPS) is 10.6. The Morgan fingerprint density at radius 2 is 2.00 bits per heavy atom. The monoisotopic (exact) mass is 252 g/mol. The van der Waals surface area contributed by atoms with Crippen LogP contribution in [-0.4, -0.2) is 15.4 Å². The van der Waals surface area contributed by atoms with Gasteiger partial charge in [0.15, 0.2) is 11.6 Å². The first-order valence-corrected chi connectivity index (χ1v) is 5.85.